The van der Waals surface area contributed by atoms with Gasteiger partial charge in [0.15, 0.2) is 0 Å². The average molecular weight is 332 g/mol. The van der Waals surface area contributed by atoms with Crippen LogP contribution in [0.2, 0.25) is 0 Å². The Morgan fingerprint density at radius 3 is 2.96 bits per heavy atom. The van der Waals surface area contributed by atoms with Crippen molar-refractivity contribution >= 4 is 11.0 Å². The molecule has 2 aromatic heterocycles. The fourth-order valence-corrected chi connectivity index (χ4v) is 4.10. The van der Waals surface area contributed by atoms with Crippen molar-refractivity contribution in [2.75, 3.05) is 26.2 Å². The lowest BCUT2D eigenvalue weighted by molar-refractivity contribution is 0.142. The number of hydrogen-bond acceptors (Lipinski definition) is 5. The SMILES string of the molecule is NC[C@H]1CN(CC2CCc3c(F)cnc4ccc(=O)n2c34)C[C@H]1O. The molecule has 0 aromatic carbocycles. The van der Waals surface area contributed by atoms with Crippen LogP contribution in [-0.4, -0.2) is 51.8 Å². The number of nitrogens with two attached hydrogens (primary N) is 1. The van der Waals surface area contributed by atoms with E-state index in [4.69, 9.17) is 5.73 Å². The Balaban J connectivity index is 1.71. The molecule has 128 valence electrons. The zero-order chi connectivity index (χ0) is 16.8. The highest BCUT2D eigenvalue weighted by Gasteiger charge is 2.33. The van der Waals surface area contributed by atoms with Crippen molar-refractivity contribution in [3.05, 3.63) is 40.1 Å². The second-order valence-corrected chi connectivity index (χ2v) is 6.83. The van der Waals surface area contributed by atoms with Crippen molar-refractivity contribution in [2.24, 2.45) is 11.7 Å². The van der Waals surface area contributed by atoms with Crippen molar-refractivity contribution in [2.45, 2.75) is 25.0 Å². The topological polar surface area (TPSA) is 84.4 Å². The number of halogens is 1. The molecule has 4 rings (SSSR count). The predicted molar refractivity (Wildman–Crippen MR) is 88.3 cm³/mol. The Morgan fingerprint density at radius 2 is 2.21 bits per heavy atom. The van der Waals surface area contributed by atoms with Crippen LogP contribution in [0.3, 0.4) is 0 Å². The van der Waals surface area contributed by atoms with Gasteiger partial charge in [0.25, 0.3) is 5.56 Å². The second kappa shape index (κ2) is 5.91. The summed E-state index contributed by atoms with van der Waals surface area (Å²) in [7, 11) is 0. The van der Waals surface area contributed by atoms with Gasteiger partial charge in [-0.3, -0.25) is 14.7 Å². The lowest BCUT2D eigenvalue weighted by atomic mass is 9.98. The number of likely N-dealkylation sites (tertiary alicyclic amines) is 1. The van der Waals surface area contributed by atoms with Crippen molar-refractivity contribution in [3.63, 3.8) is 0 Å². The Kier molecular flexibility index (Phi) is 3.86. The first-order chi connectivity index (χ1) is 11.6. The molecule has 0 spiro atoms. The van der Waals surface area contributed by atoms with E-state index < -0.39 is 6.10 Å². The maximum absolute atomic E-state index is 14.1. The van der Waals surface area contributed by atoms with E-state index in [1.807, 2.05) is 0 Å². The normalized spacial score (nSPS) is 27.0. The lowest BCUT2D eigenvalue weighted by Gasteiger charge is -2.30. The van der Waals surface area contributed by atoms with E-state index >= 15 is 0 Å². The Labute approximate surface area is 138 Å². The minimum Gasteiger partial charge on any atom is -0.391 e. The van der Waals surface area contributed by atoms with E-state index in [2.05, 4.69) is 9.88 Å². The Hall–Kier alpha value is -1.83. The molecule has 0 saturated carbocycles. The standard InChI is InChI=1S/C17H21FN4O2/c18-13-6-20-14-3-4-16(24)22-11(1-2-12(13)17(14)22)8-21-7-10(5-19)15(23)9-21/h3-4,6,10-11,15,23H,1-2,5,7-9,19H2/t10-,11?,15+/m0/s1. The first-order valence-corrected chi connectivity index (χ1v) is 8.37. The van der Waals surface area contributed by atoms with Gasteiger partial charge in [-0.15, -0.1) is 0 Å². The molecule has 2 aliphatic heterocycles. The van der Waals surface area contributed by atoms with Gasteiger partial charge in [-0.25, -0.2) is 4.39 Å². The Morgan fingerprint density at radius 1 is 1.38 bits per heavy atom. The van der Waals surface area contributed by atoms with Crippen LogP contribution in [0.1, 0.15) is 18.0 Å². The number of aryl methyl sites for hydroxylation is 1. The van der Waals surface area contributed by atoms with Crippen LogP contribution < -0.4 is 11.3 Å². The van der Waals surface area contributed by atoms with Gasteiger partial charge >= 0.3 is 0 Å². The quantitative estimate of drug-likeness (QED) is 0.843. The molecule has 0 aliphatic carbocycles. The number of aliphatic hydroxyl groups is 1. The Bertz CT molecular complexity index is 837. The number of hydrogen-bond donors (Lipinski definition) is 2. The highest BCUT2D eigenvalue weighted by molar-refractivity contribution is 5.79. The molecule has 0 radical (unpaired) electrons. The van der Waals surface area contributed by atoms with Gasteiger partial charge in [-0.05, 0) is 25.5 Å². The first-order valence-electron chi connectivity index (χ1n) is 8.37. The van der Waals surface area contributed by atoms with E-state index in [1.165, 1.54) is 12.3 Å². The summed E-state index contributed by atoms with van der Waals surface area (Å²) in [5.41, 5.74) is 7.41. The number of rotatable bonds is 3. The average Bonchev–Trinajstić information content (AvgIpc) is 2.93. The molecule has 6 nitrogen and oxygen atoms in total. The number of β-amino-alcohol motifs (C(OH)–C–C–N with tert-alkyl or cyclic N) is 1. The van der Waals surface area contributed by atoms with Crippen LogP contribution in [0.4, 0.5) is 4.39 Å². The highest BCUT2D eigenvalue weighted by atomic mass is 19.1. The van der Waals surface area contributed by atoms with E-state index in [-0.39, 0.29) is 23.3 Å². The van der Waals surface area contributed by atoms with Gasteiger partial charge < -0.3 is 15.4 Å². The maximum atomic E-state index is 14.1. The molecular formula is C17H21FN4O2. The van der Waals surface area contributed by atoms with Gasteiger partial charge in [0, 0.05) is 37.2 Å². The summed E-state index contributed by atoms with van der Waals surface area (Å²) >= 11 is 0. The molecule has 2 aliphatic rings. The van der Waals surface area contributed by atoms with Crippen molar-refractivity contribution in [1.29, 1.82) is 0 Å². The van der Waals surface area contributed by atoms with Crippen LogP contribution in [0.25, 0.3) is 11.0 Å². The fraction of sp³-hybridized carbons (Fsp3) is 0.529. The third kappa shape index (κ3) is 2.44. The molecule has 1 saturated heterocycles. The summed E-state index contributed by atoms with van der Waals surface area (Å²) in [6, 6.07) is 3.11. The van der Waals surface area contributed by atoms with Crippen molar-refractivity contribution < 1.29 is 9.50 Å². The lowest BCUT2D eigenvalue weighted by Crippen LogP contribution is -2.37. The third-order valence-corrected chi connectivity index (χ3v) is 5.34. The smallest absolute Gasteiger partial charge is 0.251 e. The minimum atomic E-state index is -0.419. The zero-order valence-electron chi connectivity index (χ0n) is 13.4. The number of nitrogens with zero attached hydrogens (tertiary/aromatic N) is 3. The number of aromatic nitrogens is 2. The maximum Gasteiger partial charge on any atom is 0.251 e. The predicted octanol–water partition coefficient (Wildman–Crippen LogP) is 0.274. The zero-order valence-corrected chi connectivity index (χ0v) is 13.4. The van der Waals surface area contributed by atoms with Gasteiger partial charge in [-0.1, -0.05) is 0 Å². The van der Waals surface area contributed by atoms with Crippen LogP contribution in [0.15, 0.2) is 23.1 Å². The summed E-state index contributed by atoms with van der Waals surface area (Å²) in [5.74, 6) is -0.271. The van der Waals surface area contributed by atoms with Crippen molar-refractivity contribution in [1.82, 2.24) is 14.5 Å². The number of aliphatic hydroxyl groups excluding tert-OH is 1. The molecule has 0 amide bonds. The van der Waals surface area contributed by atoms with E-state index in [0.717, 1.165) is 6.54 Å². The highest BCUT2D eigenvalue weighted by Crippen LogP contribution is 2.31. The third-order valence-electron chi connectivity index (χ3n) is 5.34. The van der Waals surface area contributed by atoms with Gasteiger partial charge in [0.1, 0.15) is 5.82 Å². The summed E-state index contributed by atoms with van der Waals surface area (Å²) in [5, 5.41) is 10.0. The van der Waals surface area contributed by atoms with Gasteiger partial charge in [0.05, 0.1) is 29.4 Å². The monoisotopic (exact) mass is 332 g/mol. The molecule has 0 bridgehead atoms. The molecule has 3 atom stereocenters. The molecule has 4 heterocycles. The van der Waals surface area contributed by atoms with Crippen molar-refractivity contribution in [3.8, 4) is 0 Å². The van der Waals surface area contributed by atoms with E-state index in [1.54, 1.807) is 10.6 Å². The summed E-state index contributed by atoms with van der Waals surface area (Å²) in [6.07, 6.45) is 2.11. The molecule has 2 aromatic rings. The van der Waals surface area contributed by atoms with E-state index in [0.29, 0.717) is 49.1 Å². The molecule has 1 unspecified atom stereocenters. The van der Waals surface area contributed by atoms with Crippen LogP contribution in [-0.2, 0) is 6.42 Å². The summed E-state index contributed by atoms with van der Waals surface area (Å²) in [4.78, 5) is 18.7. The summed E-state index contributed by atoms with van der Waals surface area (Å²) < 4.78 is 15.8. The number of pyridine rings is 2. The van der Waals surface area contributed by atoms with Crippen LogP contribution in [0.5, 0.6) is 0 Å². The molecular weight excluding hydrogens is 311 g/mol. The molecule has 7 heteroatoms. The fourth-order valence-electron chi connectivity index (χ4n) is 4.10. The molecule has 24 heavy (non-hydrogen) atoms. The molecule has 3 N–H and O–H groups in total. The van der Waals surface area contributed by atoms with Gasteiger partial charge in [-0.2, -0.15) is 0 Å². The van der Waals surface area contributed by atoms with E-state index in [9.17, 15) is 14.3 Å². The second-order valence-electron chi connectivity index (χ2n) is 6.83. The molecule has 1 fully saturated rings. The van der Waals surface area contributed by atoms with Gasteiger partial charge in [0.2, 0.25) is 0 Å². The first kappa shape index (κ1) is 15.7. The minimum absolute atomic E-state index is 0.0407. The van der Waals surface area contributed by atoms with Crippen LogP contribution in [0, 0.1) is 11.7 Å². The van der Waals surface area contributed by atoms with Crippen LogP contribution >= 0.6 is 0 Å². The summed E-state index contributed by atoms with van der Waals surface area (Å²) in [6.45, 7) is 2.41. The largest absolute Gasteiger partial charge is 0.391 e.